The molecule has 0 aromatic carbocycles. The fourth-order valence-corrected chi connectivity index (χ4v) is 0. The van der Waals surface area contributed by atoms with Crippen LogP contribution in [0.1, 0.15) is 0 Å². The number of hydrogen-bond acceptors (Lipinski definition) is 1. The van der Waals surface area contributed by atoms with Gasteiger partial charge in [0.05, 0.1) is 0 Å². The Kier molecular flexibility index (Phi) is 8.32. The Bertz CT molecular complexity index is 65.5. The molecule has 4 nitrogen and oxygen atoms in total. The van der Waals surface area contributed by atoms with Crippen molar-refractivity contribution in [2.24, 2.45) is 0 Å². The molecule has 0 aliphatic heterocycles. The first-order chi connectivity index (χ1) is 3.00. The summed E-state index contributed by atoms with van der Waals surface area (Å²) >= 11 is 4.50. The van der Waals surface area contributed by atoms with Crippen LogP contribution < -0.4 is 0 Å². The van der Waals surface area contributed by atoms with E-state index < -0.39 is 7.82 Å². The second kappa shape index (κ2) is 5.29. The van der Waals surface area contributed by atoms with Gasteiger partial charge in [-0.25, -0.2) is 4.57 Å². The average Bonchev–Trinajstić information content (AvgIpc) is 1.36. The van der Waals surface area contributed by atoms with Crippen LogP contribution in [-0.2, 0) is 4.57 Å². The normalized spacial score (nSPS) is 9.14. The quantitative estimate of drug-likeness (QED) is 0.339. The average molecular weight is 258 g/mol. The minimum absolute atomic E-state index is 1.88. The van der Waals surface area contributed by atoms with Gasteiger partial charge in [0.1, 0.15) is 0 Å². The Labute approximate surface area is 54.7 Å². The van der Waals surface area contributed by atoms with Crippen LogP contribution in [-0.4, -0.2) is 42.0 Å². The van der Waals surface area contributed by atoms with E-state index in [1.165, 1.54) is 0 Å². The van der Waals surface area contributed by atoms with Crippen molar-refractivity contribution in [1.29, 1.82) is 0 Å². The SMILES string of the molecule is O=P(O)(O)O.[Se]=[SeH2]. The van der Waals surface area contributed by atoms with E-state index in [1.54, 1.807) is 0 Å². The summed E-state index contributed by atoms with van der Waals surface area (Å²) in [5.74, 6) is 0. The molecule has 0 atom stereocenters. The minimum atomic E-state index is -4.64. The maximum absolute atomic E-state index is 8.88. The molecule has 0 amide bonds. The van der Waals surface area contributed by atoms with E-state index in [0.29, 0.717) is 0 Å². The third-order valence-electron chi connectivity index (χ3n) is 0. The van der Waals surface area contributed by atoms with E-state index in [4.69, 9.17) is 19.2 Å². The standard InChI is InChI=1S/H3O4P.H2Se2/c1-5(2,3)4;1-2/h(H3,1,2,3,4);1H2. The molecule has 0 radical (unpaired) electrons. The van der Waals surface area contributed by atoms with Gasteiger partial charge >= 0.3 is 35.1 Å². The molecule has 0 fully saturated rings. The molecular formula is H5O4PSe2. The Morgan fingerprint density at radius 1 is 1.29 bits per heavy atom. The van der Waals surface area contributed by atoms with Crippen molar-refractivity contribution in [3.05, 3.63) is 0 Å². The van der Waals surface area contributed by atoms with Gasteiger partial charge in [0.15, 0.2) is 0 Å². The Hall–Kier alpha value is 1.15. The second-order valence-electron chi connectivity index (χ2n) is 0.513. The summed E-state index contributed by atoms with van der Waals surface area (Å²) in [6.07, 6.45) is 0. The molecular weight excluding hydrogens is 253 g/mol. The zero-order chi connectivity index (χ0) is 6.50. The van der Waals surface area contributed by atoms with E-state index in [9.17, 15) is 0 Å². The van der Waals surface area contributed by atoms with Crippen molar-refractivity contribution in [3.63, 3.8) is 0 Å². The van der Waals surface area contributed by atoms with E-state index >= 15 is 0 Å². The third-order valence-corrected chi connectivity index (χ3v) is 0. The van der Waals surface area contributed by atoms with Crippen molar-refractivity contribution in [3.8, 4) is 0 Å². The molecule has 7 heteroatoms. The molecule has 0 spiro atoms. The van der Waals surface area contributed by atoms with E-state index in [-0.39, 0.29) is 0 Å². The molecule has 0 heterocycles. The van der Waals surface area contributed by atoms with Crippen molar-refractivity contribution < 1.29 is 19.2 Å². The van der Waals surface area contributed by atoms with Crippen molar-refractivity contribution in [1.82, 2.24) is 0 Å². The van der Waals surface area contributed by atoms with E-state index in [1.807, 2.05) is 13.7 Å². The molecule has 7 heavy (non-hydrogen) atoms. The van der Waals surface area contributed by atoms with Crippen LogP contribution in [0.3, 0.4) is 0 Å². The van der Waals surface area contributed by atoms with Crippen LogP contribution >= 0.6 is 7.82 Å². The van der Waals surface area contributed by atoms with Gasteiger partial charge in [0.25, 0.3) is 0 Å². The van der Waals surface area contributed by atoms with Gasteiger partial charge in [0.2, 0.25) is 0 Å². The molecule has 0 aromatic rings. The maximum atomic E-state index is 8.88. The summed E-state index contributed by atoms with van der Waals surface area (Å²) in [4.78, 5) is 21.6. The molecule has 46 valence electrons. The van der Waals surface area contributed by atoms with Crippen LogP contribution in [0.25, 0.3) is 0 Å². The van der Waals surface area contributed by atoms with Gasteiger partial charge in [-0.15, -0.1) is 0 Å². The summed E-state index contributed by atoms with van der Waals surface area (Å²) in [5, 5.41) is 0. The molecule has 0 aliphatic carbocycles. The molecule has 0 rings (SSSR count). The Balaban J connectivity index is 0. The summed E-state index contributed by atoms with van der Waals surface area (Å²) in [7, 11) is -4.64. The summed E-state index contributed by atoms with van der Waals surface area (Å²) < 4.78 is 8.88. The molecule has 0 aliphatic rings. The van der Waals surface area contributed by atoms with Crippen LogP contribution in [0.2, 0.25) is 0 Å². The molecule has 0 saturated heterocycles. The summed E-state index contributed by atoms with van der Waals surface area (Å²) in [6.45, 7) is 0. The number of phosphoric acid groups is 1. The van der Waals surface area contributed by atoms with Crippen LogP contribution in [0.15, 0.2) is 0 Å². The monoisotopic (exact) mass is 260 g/mol. The van der Waals surface area contributed by atoms with Gasteiger partial charge < -0.3 is 14.7 Å². The zero-order valence-electron chi connectivity index (χ0n) is 3.11. The van der Waals surface area contributed by atoms with E-state index in [2.05, 4.69) is 13.7 Å². The summed E-state index contributed by atoms with van der Waals surface area (Å²) in [5.41, 5.74) is 0. The number of rotatable bonds is 0. The molecule has 0 bridgehead atoms. The van der Waals surface area contributed by atoms with Crippen molar-refractivity contribution in [2.75, 3.05) is 0 Å². The van der Waals surface area contributed by atoms with Gasteiger partial charge in [-0.05, 0) is 0 Å². The van der Waals surface area contributed by atoms with Gasteiger partial charge in [-0.3, -0.25) is 0 Å². The first-order valence-corrected chi connectivity index (χ1v) is 7.86. The molecule has 0 aromatic heterocycles. The zero-order valence-corrected chi connectivity index (χ0v) is 7.81. The van der Waals surface area contributed by atoms with Crippen molar-refractivity contribution in [2.45, 2.75) is 0 Å². The van der Waals surface area contributed by atoms with E-state index in [0.717, 1.165) is 0 Å². The van der Waals surface area contributed by atoms with Gasteiger partial charge in [-0.2, -0.15) is 0 Å². The molecule has 3 N–H and O–H groups in total. The third kappa shape index (κ3) is 144. The molecule has 0 saturated carbocycles. The first-order valence-electron chi connectivity index (χ1n) is 0.987. The first kappa shape index (κ1) is 11.0. The predicted molar refractivity (Wildman–Crippen MR) is 28.6 cm³/mol. The topological polar surface area (TPSA) is 77.8 Å². The van der Waals surface area contributed by atoms with Crippen LogP contribution in [0.5, 0.6) is 0 Å². The fraction of sp³-hybridized carbons (Fsp3) is 0. The predicted octanol–water partition coefficient (Wildman–Crippen LogP) is -2.23. The van der Waals surface area contributed by atoms with Crippen molar-refractivity contribution >= 4 is 35.1 Å². The van der Waals surface area contributed by atoms with Gasteiger partial charge in [-0.1, -0.05) is 0 Å². The fourth-order valence-electron chi connectivity index (χ4n) is 0. The van der Waals surface area contributed by atoms with Gasteiger partial charge in [0, 0.05) is 0 Å². The van der Waals surface area contributed by atoms with Crippen LogP contribution in [0, 0.1) is 0 Å². The molecule has 0 unspecified atom stereocenters. The second-order valence-corrected chi connectivity index (χ2v) is 1.54. The Morgan fingerprint density at radius 2 is 1.29 bits per heavy atom. The van der Waals surface area contributed by atoms with Crippen LogP contribution in [0.4, 0.5) is 0 Å². The Morgan fingerprint density at radius 3 is 1.29 bits per heavy atom. The number of hydrogen-bond donors (Lipinski definition) is 3. The summed E-state index contributed by atoms with van der Waals surface area (Å²) in [6, 6.07) is 0.